The molecule has 0 bridgehead atoms. The van der Waals surface area contributed by atoms with Crippen LogP contribution in [0.15, 0.2) is 41.4 Å². The molecule has 1 amide bonds. The van der Waals surface area contributed by atoms with Crippen molar-refractivity contribution in [3.63, 3.8) is 0 Å². The largest absolute Gasteiger partial charge is 0.435 e. The highest BCUT2D eigenvalue weighted by Crippen LogP contribution is 2.27. The van der Waals surface area contributed by atoms with Crippen LogP contribution in [0.4, 0.5) is 18.9 Å². The molecule has 0 fully saturated rings. The van der Waals surface area contributed by atoms with Crippen molar-refractivity contribution in [3.8, 4) is 0 Å². The second kappa shape index (κ2) is 6.30. The van der Waals surface area contributed by atoms with Crippen molar-refractivity contribution in [3.05, 3.63) is 42.2 Å². The fraction of sp³-hybridized carbons (Fsp3) is 0.231. The van der Waals surface area contributed by atoms with Gasteiger partial charge < -0.3 is 5.32 Å². The number of nitrogens with one attached hydrogen (secondary N) is 1. The van der Waals surface area contributed by atoms with Crippen molar-refractivity contribution in [2.45, 2.75) is 17.6 Å². The summed E-state index contributed by atoms with van der Waals surface area (Å²) in [6.45, 7) is -0.352. The SMILES string of the molecule is CS(=O)c1cccc(NC(=O)Cn2ccc(C(F)(F)F)n2)c1. The van der Waals surface area contributed by atoms with E-state index >= 15 is 0 Å². The number of alkyl halides is 3. The molecular weight excluding hydrogens is 319 g/mol. The van der Waals surface area contributed by atoms with Gasteiger partial charge in [0.25, 0.3) is 0 Å². The third-order valence-electron chi connectivity index (χ3n) is 2.69. The first kappa shape index (κ1) is 16.2. The molecule has 9 heteroatoms. The zero-order valence-electron chi connectivity index (χ0n) is 11.4. The lowest BCUT2D eigenvalue weighted by molar-refractivity contribution is -0.141. The number of hydrogen-bond acceptors (Lipinski definition) is 3. The normalized spacial score (nSPS) is 12.9. The molecule has 1 heterocycles. The van der Waals surface area contributed by atoms with E-state index < -0.39 is 28.6 Å². The molecule has 0 saturated carbocycles. The fourth-order valence-corrected chi connectivity index (χ4v) is 2.26. The smallest absolute Gasteiger partial charge is 0.324 e. The number of carbonyl (C=O) groups excluding carboxylic acids is 1. The van der Waals surface area contributed by atoms with Gasteiger partial charge in [-0.3, -0.25) is 13.7 Å². The summed E-state index contributed by atoms with van der Waals surface area (Å²) in [6, 6.07) is 7.21. The van der Waals surface area contributed by atoms with Gasteiger partial charge in [-0.15, -0.1) is 0 Å². The van der Waals surface area contributed by atoms with Crippen LogP contribution in [0.2, 0.25) is 0 Å². The summed E-state index contributed by atoms with van der Waals surface area (Å²) in [4.78, 5) is 12.3. The van der Waals surface area contributed by atoms with Crippen molar-refractivity contribution >= 4 is 22.4 Å². The number of anilines is 1. The van der Waals surface area contributed by atoms with Crippen LogP contribution >= 0.6 is 0 Å². The maximum absolute atomic E-state index is 12.4. The molecule has 5 nitrogen and oxygen atoms in total. The Hall–Kier alpha value is -2.16. The monoisotopic (exact) mass is 331 g/mol. The Balaban J connectivity index is 2.03. The molecule has 1 unspecified atom stereocenters. The molecule has 0 aliphatic rings. The Bertz CT molecular complexity index is 713. The third-order valence-corrected chi connectivity index (χ3v) is 3.60. The zero-order chi connectivity index (χ0) is 16.3. The standard InChI is InChI=1S/C13H12F3N3O2S/c1-22(21)10-4-2-3-9(7-10)17-12(20)8-19-6-5-11(18-19)13(14,15)16/h2-7H,8H2,1H3,(H,17,20). The summed E-state index contributed by atoms with van der Waals surface area (Å²) >= 11 is 0. The van der Waals surface area contributed by atoms with Crippen molar-refractivity contribution < 1.29 is 22.2 Å². The molecule has 0 spiro atoms. The average Bonchev–Trinajstić information content (AvgIpc) is 2.87. The summed E-state index contributed by atoms with van der Waals surface area (Å²) in [5.74, 6) is -0.532. The number of nitrogens with zero attached hydrogens (tertiary/aromatic N) is 2. The Labute approximate surface area is 126 Å². The maximum atomic E-state index is 12.4. The van der Waals surface area contributed by atoms with Gasteiger partial charge in [0.05, 0.1) is 0 Å². The number of amides is 1. The number of aromatic nitrogens is 2. The van der Waals surface area contributed by atoms with Crippen LogP contribution in [-0.4, -0.2) is 26.2 Å². The molecule has 1 atom stereocenters. The lowest BCUT2D eigenvalue weighted by Gasteiger charge is -2.07. The van der Waals surface area contributed by atoms with Crippen molar-refractivity contribution in [1.29, 1.82) is 0 Å². The van der Waals surface area contributed by atoms with Gasteiger partial charge in [0.1, 0.15) is 6.54 Å². The molecule has 118 valence electrons. The van der Waals surface area contributed by atoms with E-state index in [9.17, 15) is 22.2 Å². The molecule has 1 aromatic carbocycles. The molecular formula is C13H12F3N3O2S. The highest BCUT2D eigenvalue weighted by molar-refractivity contribution is 7.84. The molecule has 22 heavy (non-hydrogen) atoms. The second-order valence-corrected chi connectivity index (χ2v) is 5.81. The molecule has 0 aliphatic carbocycles. The first-order valence-electron chi connectivity index (χ1n) is 6.10. The number of hydrogen-bond donors (Lipinski definition) is 1. The first-order valence-corrected chi connectivity index (χ1v) is 7.65. The van der Waals surface area contributed by atoms with Gasteiger partial charge in [0, 0.05) is 33.8 Å². The van der Waals surface area contributed by atoms with E-state index in [2.05, 4.69) is 10.4 Å². The van der Waals surface area contributed by atoms with Crippen LogP contribution < -0.4 is 5.32 Å². The molecule has 2 aromatic rings. The number of benzene rings is 1. The highest BCUT2D eigenvalue weighted by atomic mass is 32.2. The van der Waals surface area contributed by atoms with E-state index in [1.54, 1.807) is 18.2 Å². The quantitative estimate of drug-likeness (QED) is 0.935. The van der Waals surface area contributed by atoms with E-state index in [0.29, 0.717) is 10.6 Å². The summed E-state index contributed by atoms with van der Waals surface area (Å²) in [6.07, 6.45) is -1.95. The summed E-state index contributed by atoms with van der Waals surface area (Å²) in [7, 11) is -1.19. The average molecular weight is 331 g/mol. The fourth-order valence-electron chi connectivity index (χ4n) is 1.70. The van der Waals surface area contributed by atoms with Crippen LogP contribution in [0, 0.1) is 0 Å². The van der Waals surface area contributed by atoms with E-state index in [1.807, 2.05) is 0 Å². The Morgan fingerprint density at radius 2 is 2.09 bits per heavy atom. The van der Waals surface area contributed by atoms with Crippen LogP contribution in [0.1, 0.15) is 5.69 Å². The maximum Gasteiger partial charge on any atom is 0.435 e. The minimum absolute atomic E-state index is 0.352. The van der Waals surface area contributed by atoms with Crippen molar-refractivity contribution in [1.82, 2.24) is 9.78 Å². The topological polar surface area (TPSA) is 64.0 Å². The predicted octanol–water partition coefficient (Wildman–Crippen LogP) is 2.28. The van der Waals surface area contributed by atoms with E-state index in [-0.39, 0.29) is 6.54 Å². The first-order chi connectivity index (χ1) is 10.3. The van der Waals surface area contributed by atoms with Crippen molar-refractivity contribution in [2.24, 2.45) is 0 Å². The van der Waals surface area contributed by atoms with Gasteiger partial charge in [0.15, 0.2) is 5.69 Å². The van der Waals surface area contributed by atoms with Gasteiger partial charge in [-0.25, -0.2) is 0 Å². The second-order valence-electron chi connectivity index (χ2n) is 4.43. The molecule has 0 aliphatic heterocycles. The van der Waals surface area contributed by atoms with Gasteiger partial charge in [-0.2, -0.15) is 18.3 Å². The van der Waals surface area contributed by atoms with Gasteiger partial charge >= 0.3 is 6.18 Å². The number of carbonyl (C=O) groups is 1. The molecule has 0 saturated heterocycles. The zero-order valence-corrected chi connectivity index (χ0v) is 12.2. The molecule has 2 rings (SSSR count). The third kappa shape index (κ3) is 4.17. The predicted molar refractivity (Wildman–Crippen MR) is 74.6 cm³/mol. The summed E-state index contributed by atoms with van der Waals surface area (Å²) in [5, 5.41) is 5.81. The molecule has 1 N–H and O–H groups in total. The Morgan fingerprint density at radius 3 is 2.68 bits per heavy atom. The Kier molecular flexibility index (Phi) is 4.65. The minimum atomic E-state index is -4.54. The summed E-state index contributed by atoms with van der Waals surface area (Å²) in [5.41, 5.74) is -0.635. The van der Waals surface area contributed by atoms with Gasteiger partial charge in [0.2, 0.25) is 5.91 Å². The van der Waals surface area contributed by atoms with Crippen LogP contribution in [0.5, 0.6) is 0 Å². The van der Waals surface area contributed by atoms with Crippen LogP contribution in [0.25, 0.3) is 0 Å². The highest BCUT2D eigenvalue weighted by Gasteiger charge is 2.33. The lowest BCUT2D eigenvalue weighted by Crippen LogP contribution is -2.19. The van der Waals surface area contributed by atoms with Crippen LogP contribution in [0.3, 0.4) is 0 Å². The summed E-state index contributed by atoms with van der Waals surface area (Å²) < 4.78 is 49.5. The Morgan fingerprint density at radius 1 is 1.36 bits per heavy atom. The van der Waals surface area contributed by atoms with E-state index in [1.165, 1.54) is 12.3 Å². The van der Waals surface area contributed by atoms with E-state index in [4.69, 9.17) is 0 Å². The van der Waals surface area contributed by atoms with Gasteiger partial charge in [-0.05, 0) is 24.3 Å². The lowest BCUT2D eigenvalue weighted by atomic mass is 10.3. The number of rotatable bonds is 4. The van der Waals surface area contributed by atoms with E-state index in [0.717, 1.165) is 16.9 Å². The van der Waals surface area contributed by atoms with Crippen molar-refractivity contribution in [2.75, 3.05) is 11.6 Å². The molecule has 0 radical (unpaired) electrons. The van der Waals surface area contributed by atoms with Gasteiger partial charge in [-0.1, -0.05) is 6.07 Å². The minimum Gasteiger partial charge on any atom is -0.324 e. The molecule has 1 aromatic heterocycles. The number of halogens is 3. The van der Waals surface area contributed by atoms with Crippen LogP contribution in [-0.2, 0) is 28.3 Å².